The van der Waals surface area contributed by atoms with E-state index >= 15 is 0 Å². The van der Waals surface area contributed by atoms with Crippen LogP contribution in [0.4, 0.5) is 17.2 Å². The van der Waals surface area contributed by atoms with Crippen LogP contribution in [-0.2, 0) is 0 Å². The van der Waals surface area contributed by atoms with Gasteiger partial charge in [-0.25, -0.2) is 4.98 Å². The zero-order valence-electron chi connectivity index (χ0n) is 10.4. The van der Waals surface area contributed by atoms with E-state index in [2.05, 4.69) is 10.3 Å². The van der Waals surface area contributed by atoms with Gasteiger partial charge in [0.15, 0.2) is 0 Å². The van der Waals surface area contributed by atoms with Gasteiger partial charge in [0.05, 0.1) is 17.4 Å². The maximum atomic E-state index is 11.2. The van der Waals surface area contributed by atoms with E-state index in [4.69, 9.17) is 11.5 Å². The summed E-state index contributed by atoms with van der Waals surface area (Å²) < 4.78 is 0. The SMILES string of the molecule is CSc1ccc(Nc2cc(C(N)=O)c(N)cn2)cc1. The molecule has 1 aromatic heterocycles. The van der Waals surface area contributed by atoms with Gasteiger partial charge in [-0.05, 0) is 36.6 Å². The van der Waals surface area contributed by atoms with Crippen LogP contribution in [0.15, 0.2) is 41.4 Å². The summed E-state index contributed by atoms with van der Waals surface area (Å²) in [6, 6.07) is 9.42. The van der Waals surface area contributed by atoms with Crippen molar-refractivity contribution in [2.45, 2.75) is 4.90 Å². The molecular formula is C13H14N4OS. The largest absolute Gasteiger partial charge is 0.397 e. The molecule has 0 unspecified atom stereocenters. The van der Waals surface area contributed by atoms with Gasteiger partial charge >= 0.3 is 0 Å². The molecule has 2 rings (SSSR count). The van der Waals surface area contributed by atoms with Crippen molar-refractivity contribution < 1.29 is 4.79 Å². The Bertz CT molecular complexity index is 598. The number of primary amides is 1. The van der Waals surface area contributed by atoms with Gasteiger partial charge in [-0.2, -0.15) is 0 Å². The van der Waals surface area contributed by atoms with Gasteiger partial charge in [0, 0.05) is 10.6 Å². The molecule has 0 bridgehead atoms. The number of amides is 1. The second-order valence-electron chi connectivity index (χ2n) is 3.87. The van der Waals surface area contributed by atoms with E-state index < -0.39 is 5.91 Å². The van der Waals surface area contributed by atoms with Crippen molar-refractivity contribution in [3.05, 3.63) is 42.1 Å². The number of carbonyl (C=O) groups is 1. The third-order valence-corrected chi connectivity index (χ3v) is 3.31. The number of hydrogen-bond donors (Lipinski definition) is 3. The van der Waals surface area contributed by atoms with Crippen molar-refractivity contribution in [1.82, 2.24) is 4.98 Å². The highest BCUT2D eigenvalue weighted by molar-refractivity contribution is 7.98. The van der Waals surface area contributed by atoms with Crippen LogP contribution in [0.1, 0.15) is 10.4 Å². The number of nitrogens with zero attached hydrogens (tertiary/aromatic N) is 1. The smallest absolute Gasteiger partial charge is 0.250 e. The van der Waals surface area contributed by atoms with E-state index in [9.17, 15) is 4.79 Å². The summed E-state index contributed by atoms with van der Waals surface area (Å²) in [5.74, 6) is -0.0411. The number of nitrogen functional groups attached to an aromatic ring is 1. The van der Waals surface area contributed by atoms with Crippen molar-refractivity contribution >= 4 is 34.9 Å². The summed E-state index contributed by atoms with van der Waals surface area (Å²) in [6.07, 6.45) is 3.43. The Morgan fingerprint density at radius 2 is 2.00 bits per heavy atom. The van der Waals surface area contributed by atoms with E-state index in [-0.39, 0.29) is 11.3 Å². The van der Waals surface area contributed by atoms with Crippen molar-refractivity contribution in [2.24, 2.45) is 5.73 Å². The van der Waals surface area contributed by atoms with E-state index in [1.165, 1.54) is 11.1 Å². The molecule has 0 spiro atoms. The van der Waals surface area contributed by atoms with Crippen LogP contribution in [0, 0.1) is 0 Å². The fourth-order valence-electron chi connectivity index (χ4n) is 1.57. The fraction of sp³-hybridized carbons (Fsp3) is 0.0769. The van der Waals surface area contributed by atoms with Gasteiger partial charge in [0.2, 0.25) is 0 Å². The fourth-order valence-corrected chi connectivity index (χ4v) is 1.98. The number of nitrogens with one attached hydrogen (secondary N) is 1. The first-order valence-electron chi connectivity index (χ1n) is 5.56. The van der Waals surface area contributed by atoms with Crippen LogP contribution in [0.2, 0.25) is 0 Å². The molecule has 0 fully saturated rings. The minimum Gasteiger partial charge on any atom is -0.397 e. The predicted molar refractivity (Wildman–Crippen MR) is 78.7 cm³/mol. The maximum absolute atomic E-state index is 11.2. The average Bonchev–Trinajstić information content (AvgIpc) is 2.41. The highest BCUT2D eigenvalue weighted by Gasteiger charge is 2.07. The number of anilines is 3. The first-order valence-corrected chi connectivity index (χ1v) is 6.79. The number of carbonyl (C=O) groups excluding carboxylic acids is 1. The van der Waals surface area contributed by atoms with Gasteiger partial charge < -0.3 is 16.8 Å². The molecule has 1 aromatic carbocycles. The summed E-state index contributed by atoms with van der Waals surface area (Å²) in [5, 5.41) is 3.09. The molecule has 0 radical (unpaired) electrons. The quantitative estimate of drug-likeness (QED) is 0.743. The predicted octanol–water partition coefficient (Wildman–Crippen LogP) is 2.23. The number of benzene rings is 1. The molecule has 0 atom stereocenters. The minimum absolute atomic E-state index is 0.262. The second-order valence-corrected chi connectivity index (χ2v) is 4.75. The summed E-state index contributed by atoms with van der Waals surface area (Å²) in [5.41, 5.74) is 12.3. The molecule has 0 saturated heterocycles. The second kappa shape index (κ2) is 5.62. The lowest BCUT2D eigenvalue weighted by Crippen LogP contribution is -2.14. The normalized spacial score (nSPS) is 10.2. The van der Waals surface area contributed by atoms with Crippen molar-refractivity contribution in [1.29, 1.82) is 0 Å². The molecule has 98 valence electrons. The molecule has 5 nitrogen and oxygen atoms in total. The van der Waals surface area contributed by atoms with E-state index in [0.717, 1.165) is 5.69 Å². The third kappa shape index (κ3) is 3.17. The Kier molecular flexibility index (Phi) is 3.91. The lowest BCUT2D eigenvalue weighted by Gasteiger charge is -2.08. The number of hydrogen-bond acceptors (Lipinski definition) is 5. The van der Waals surface area contributed by atoms with Gasteiger partial charge in [-0.3, -0.25) is 4.79 Å². The molecule has 0 aliphatic carbocycles. The summed E-state index contributed by atoms with van der Waals surface area (Å²) >= 11 is 1.67. The standard InChI is InChI=1S/C13H14N4OS/c1-19-9-4-2-8(3-5-9)17-12-6-10(13(15)18)11(14)7-16-12/h2-7H,14H2,1H3,(H2,15,18)(H,16,17). The van der Waals surface area contributed by atoms with E-state index in [1.54, 1.807) is 17.8 Å². The molecule has 5 N–H and O–H groups in total. The third-order valence-electron chi connectivity index (χ3n) is 2.56. The van der Waals surface area contributed by atoms with E-state index in [0.29, 0.717) is 5.82 Å². The summed E-state index contributed by atoms with van der Waals surface area (Å²) in [7, 11) is 0. The van der Waals surface area contributed by atoms with Crippen LogP contribution in [0.3, 0.4) is 0 Å². The Morgan fingerprint density at radius 1 is 1.32 bits per heavy atom. The zero-order valence-corrected chi connectivity index (χ0v) is 11.2. The highest BCUT2D eigenvalue weighted by Crippen LogP contribution is 2.21. The molecule has 1 heterocycles. The highest BCUT2D eigenvalue weighted by atomic mass is 32.2. The van der Waals surface area contributed by atoms with Crippen LogP contribution >= 0.6 is 11.8 Å². The van der Waals surface area contributed by atoms with Gasteiger partial charge in [-0.1, -0.05) is 0 Å². The summed E-state index contributed by atoms with van der Waals surface area (Å²) in [4.78, 5) is 16.5. The zero-order chi connectivity index (χ0) is 13.8. The Balaban J connectivity index is 2.22. The van der Waals surface area contributed by atoms with Crippen molar-refractivity contribution in [3.63, 3.8) is 0 Å². The molecule has 0 saturated carbocycles. The molecular weight excluding hydrogens is 260 g/mol. The molecule has 0 aliphatic heterocycles. The Labute approximate surface area is 115 Å². The Morgan fingerprint density at radius 3 is 2.58 bits per heavy atom. The molecule has 2 aromatic rings. The van der Waals surface area contributed by atoms with Crippen molar-refractivity contribution in [3.8, 4) is 0 Å². The lowest BCUT2D eigenvalue weighted by atomic mass is 10.2. The lowest BCUT2D eigenvalue weighted by molar-refractivity contribution is 0.100. The number of pyridine rings is 1. The van der Waals surface area contributed by atoms with Crippen LogP contribution in [0.25, 0.3) is 0 Å². The number of rotatable bonds is 4. The topological polar surface area (TPSA) is 94.0 Å². The molecule has 0 aliphatic rings. The average molecular weight is 274 g/mol. The number of thioether (sulfide) groups is 1. The monoisotopic (exact) mass is 274 g/mol. The first-order chi connectivity index (χ1) is 9.10. The molecule has 6 heteroatoms. The van der Waals surface area contributed by atoms with Gasteiger partial charge in [-0.15, -0.1) is 11.8 Å². The van der Waals surface area contributed by atoms with Crippen LogP contribution in [-0.4, -0.2) is 17.1 Å². The van der Waals surface area contributed by atoms with Crippen LogP contribution in [0.5, 0.6) is 0 Å². The number of nitrogens with two attached hydrogens (primary N) is 2. The number of aromatic nitrogens is 1. The minimum atomic E-state index is -0.569. The molecule has 19 heavy (non-hydrogen) atoms. The van der Waals surface area contributed by atoms with Gasteiger partial charge in [0.25, 0.3) is 5.91 Å². The van der Waals surface area contributed by atoms with E-state index in [1.807, 2.05) is 30.5 Å². The van der Waals surface area contributed by atoms with Crippen LogP contribution < -0.4 is 16.8 Å². The Hall–Kier alpha value is -2.21. The maximum Gasteiger partial charge on any atom is 0.250 e. The summed E-state index contributed by atoms with van der Waals surface area (Å²) in [6.45, 7) is 0. The molecule has 1 amide bonds. The van der Waals surface area contributed by atoms with Gasteiger partial charge in [0.1, 0.15) is 5.82 Å². The van der Waals surface area contributed by atoms with Crippen molar-refractivity contribution in [2.75, 3.05) is 17.3 Å². The first kappa shape index (κ1) is 13.2.